The summed E-state index contributed by atoms with van der Waals surface area (Å²) in [5.74, 6) is 0.609. The van der Waals surface area contributed by atoms with Crippen molar-refractivity contribution in [1.29, 1.82) is 0 Å². The highest BCUT2D eigenvalue weighted by atomic mass is 32.2. The predicted octanol–water partition coefficient (Wildman–Crippen LogP) is 0.878. The Morgan fingerprint density at radius 2 is 2.05 bits per heavy atom. The number of sulfonamides is 1. The molecule has 7 heteroatoms. The summed E-state index contributed by atoms with van der Waals surface area (Å²) in [5.41, 5.74) is 0. The van der Waals surface area contributed by atoms with Gasteiger partial charge in [0.2, 0.25) is 5.09 Å². The molecule has 1 aliphatic rings. The molecule has 0 bridgehead atoms. The number of rotatable bonds is 7. The Kier molecular flexibility index (Phi) is 5.20. The zero-order valence-corrected chi connectivity index (χ0v) is 12.6. The molecule has 1 fully saturated rings. The molecule has 0 atom stereocenters. The third-order valence-corrected chi connectivity index (χ3v) is 5.31. The van der Waals surface area contributed by atoms with Crippen molar-refractivity contribution in [3.8, 4) is 0 Å². The first kappa shape index (κ1) is 15.5. The SMILES string of the molecule is CCN(CCO)Cc1ccc(S(=O)(=O)N2CCCC2)o1. The number of furan rings is 1. The van der Waals surface area contributed by atoms with Crippen molar-refractivity contribution in [3.63, 3.8) is 0 Å². The van der Waals surface area contributed by atoms with Gasteiger partial charge in [-0.15, -0.1) is 0 Å². The Morgan fingerprint density at radius 3 is 2.65 bits per heavy atom. The molecule has 0 amide bonds. The van der Waals surface area contributed by atoms with Gasteiger partial charge in [-0.05, 0) is 31.5 Å². The second-order valence-corrected chi connectivity index (χ2v) is 6.79. The van der Waals surface area contributed by atoms with Gasteiger partial charge in [0.25, 0.3) is 10.0 Å². The summed E-state index contributed by atoms with van der Waals surface area (Å²) >= 11 is 0. The van der Waals surface area contributed by atoms with Crippen LogP contribution in [0.15, 0.2) is 21.6 Å². The van der Waals surface area contributed by atoms with E-state index in [0.717, 1.165) is 19.4 Å². The van der Waals surface area contributed by atoms with E-state index in [1.54, 1.807) is 6.07 Å². The maximum atomic E-state index is 12.3. The van der Waals surface area contributed by atoms with Gasteiger partial charge in [0.05, 0.1) is 13.2 Å². The zero-order valence-electron chi connectivity index (χ0n) is 11.8. The van der Waals surface area contributed by atoms with E-state index in [1.165, 1.54) is 10.4 Å². The molecule has 0 saturated carbocycles. The smallest absolute Gasteiger partial charge is 0.276 e. The summed E-state index contributed by atoms with van der Waals surface area (Å²) in [6.45, 7) is 5.04. The number of likely N-dealkylation sites (N-methyl/N-ethyl adjacent to an activating group) is 1. The van der Waals surface area contributed by atoms with Gasteiger partial charge < -0.3 is 9.52 Å². The molecule has 1 aromatic rings. The van der Waals surface area contributed by atoms with Gasteiger partial charge in [-0.3, -0.25) is 4.90 Å². The summed E-state index contributed by atoms with van der Waals surface area (Å²) in [6.07, 6.45) is 1.82. The molecule has 0 aromatic carbocycles. The molecule has 0 radical (unpaired) electrons. The normalized spacial score (nSPS) is 17.1. The fourth-order valence-corrected chi connectivity index (χ4v) is 3.79. The van der Waals surface area contributed by atoms with Crippen LogP contribution in [0.4, 0.5) is 0 Å². The number of aliphatic hydroxyl groups excluding tert-OH is 1. The fourth-order valence-electron chi connectivity index (χ4n) is 2.35. The lowest BCUT2D eigenvalue weighted by Gasteiger charge is -2.17. The van der Waals surface area contributed by atoms with E-state index >= 15 is 0 Å². The lowest BCUT2D eigenvalue weighted by molar-refractivity contribution is 0.184. The highest BCUT2D eigenvalue weighted by Gasteiger charge is 2.29. The van der Waals surface area contributed by atoms with Gasteiger partial charge in [-0.1, -0.05) is 6.92 Å². The summed E-state index contributed by atoms with van der Waals surface area (Å²) in [7, 11) is -3.47. The van der Waals surface area contributed by atoms with Crippen LogP contribution in [0.1, 0.15) is 25.5 Å². The molecular weight excluding hydrogens is 280 g/mol. The Morgan fingerprint density at radius 1 is 1.35 bits per heavy atom. The van der Waals surface area contributed by atoms with Crippen molar-refractivity contribution in [1.82, 2.24) is 9.21 Å². The Hall–Kier alpha value is -0.890. The zero-order chi connectivity index (χ0) is 14.6. The topological polar surface area (TPSA) is 74.0 Å². The van der Waals surface area contributed by atoms with E-state index in [4.69, 9.17) is 9.52 Å². The van der Waals surface area contributed by atoms with Crippen molar-refractivity contribution in [2.24, 2.45) is 0 Å². The Bertz CT molecular complexity index is 520. The summed E-state index contributed by atoms with van der Waals surface area (Å²) in [4.78, 5) is 1.99. The molecule has 1 aliphatic heterocycles. The van der Waals surface area contributed by atoms with Crippen molar-refractivity contribution in [2.75, 3.05) is 32.8 Å². The van der Waals surface area contributed by atoms with Crippen LogP contribution >= 0.6 is 0 Å². The van der Waals surface area contributed by atoms with Crippen molar-refractivity contribution < 1.29 is 17.9 Å². The van der Waals surface area contributed by atoms with Gasteiger partial charge in [0.1, 0.15) is 5.76 Å². The van der Waals surface area contributed by atoms with E-state index in [1.807, 2.05) is 11.8 Å². The number of hydrogen-bond acceptors (Lipinski definition) is 5. The van der Waals surface area contributed by atoms with E-state index in [-0.39, 0.29) is 11.7 Å². The average molecular weight is 302 g/mol. The van der Waals surface area contributed by atoms with Crippen molar-refractivity contribution >= 4 is 10.0 Å². The van der Waals surface area contributed by atoms with Crippen LogP contribution in [0.3, 0.4) is 0 Å². The van der Waals surface area contributed by atoms with Crippen LogP contribution in [-0.2, 0) is 16.6 Å². The highest BCUT2D eigenvalue weighted by molar-refractivity contribution is 7.89. The third-order valence-electron chi connectivity index (χ3n) is 3.54. The lowest BCUT2D eigenvalue weighted by atomic mass is 10.4. The van der Waals surface area contributed by atoms with Gasteiger partial charge in [0, 0.05) is 19.6 Å². The number of nitrogens with zero attached hydrogens (tertiary/aromatic N) is 2. The van der Waals surface area contributed by atoms with Crippen LogP contribution in [-0.4, -0.2) is 55.5 Å². The molecular formula is C13H22N2O4S. The monoisotopic (exact) mass is 302 g/mol. The minimum absolute atomic E-state index is 0.0226. The lowest BCUT2D eigenvalue weighted by Crippen LogP contribution is -2.27. The largest absolute Gasteiger partial charge is 0.447 e. The standard InChI is InChI=1S/C13H22N2O4S/c1-2-14(9-10-16)11-12-5-6-13(19-12)20(17,18)15-7-3-4-8-15/h5-6,16H,2-4,7-11H2,1H3. The molecule has 20 heavy (non-hydrogen) atoms. The quantitative estimate of drug-likeness (QED) is 0.809. The minimum atomic E-state index is -3.47. The van der Waals surface area contributed by atoms with E-state index in [2.05, 4.69) is 0 Å². The molecule has 2 heterocycles. The summed E-state index contributed by atoms with van der Waals surface area (Å²) in [5, 5.41) is 8.97. The van der Waals surface area contributed by atoms with Crippen LogP contribution in [0.25, 0.3) is 0 Å². The van der Waals surface area contributed by atoms with E-state index in [0.29, 0.717) is 31.9 Å². The molecule has 1 N–H and O–H groups in total. The van der Waals surface area contributed by atoms with Crippen LogP contribution in [0.5, 0.6) is 0 Å². The van der Waals surface area contributed by atoms with Gasteiger partial charge in [-0.2, -0.15) is 4.31 Å². The number of hydrogen-bond donors (Lipinski definition) is 1. The van der Waals surface area contributed by atoms with Gasteiger partial charge in [0.15, 0.2) is 0 Å². The first-order chi connectivity index (χ1) is 9.57. The van der Waals surface area contributed by atoms with Gasteiger partial charge in [-0.25, -0.2) is 8.42 Å². The molecule has 0 spiro atoms. The van der Waals surface area contributed by atoms with E-state index < -0.39 is 10.0 Å². The Balaban J connectivity index is 2.08. The first-order valence-corrected chi connectivity index (χ1v) is 8.44. The molecule has 2 rings (SSSR count). The van der Waals surface area contributed by atoms with Crippen molar-refractivity contribution in [3.05, 3.63) is 17.9 Å². The molecule has 0 aliphatic carbocycles. The predicted molar refractivity (Wildman–Crippen MR) is 74.7 cm³/mol. The van der Waals surface area contributed by atoms with Crippen molar-refractivity contribution in [2.45, 2.75) is 31.4 Å². The van der Waals surface area contributed by atoms with Crippen LogP contribution in [0.2, 0.25) is 0 Å². The second kappa shape index (κ2) is 6.71. The summed E-state index contributed by atoms with van der Waals surface area (Å²) in [6, 6.07) is 3.22. The Labute approximate surface area is 120 Å². The minimum Gasteiger partial charge on any atom is -0.447 e. The first-order valence-electron chi connectivity index (χ1n) is 7.00. The summed E-state index contributed by atoms with van der Waals surface area (Å²) < 4.78 is 31.6. The number of aliphatic hydroxyl groups is 1. The second-order valence-electron chi connectivity index (χ2n) is 4.92. The van der Waals surface area contributed by atoms with Crippen LogP contribution < -0.4 is 0 Å². The maximum Gasteiger partial charge on any atom is 0.276 e. The average Bonchev–Trinajstić information content (AvgIpc) is 3.09. The molecule has 114 valence electrons. The fraction of sp³-hybridized carbons (Fsp3) is 0.692. The third kappa shape index (κ3) is 3.41. The van der Waals surface area contributed by atoms with Crippen LogP contribution in [0, 0.1) is 0 Å². The molecule has 1 saturated heterocycles. The highest BCUT2D eigenvalue weighted by Crippen LogP contribution is 2.23. The van der Waals surface area contributed by atoms with Gasteiger partial charge >= 0.3 is 0 Å². The van der Waals surface area contributed by atoms with E-state index in [9.17, 15) is 8.42 Å². The molecule has 0 unspecified atom stereocenters. The molecule has 1 aromatic heterocycles. The maximum absolute atomic E-state index is 12.3. The molecule has 6 nitrogen and oxygen atoms in total.